The van der Waals surface area contributed by atoms with Crippen molar-refractivity contribution in [1.82, 2.24) is 5.32 Å². The molecule has 0 spiro atoms. The molecule has 0 aliphatic carbocycles. The molecular weight excluding hydrogens is 304 g/mol. The number of nitrogens with one attached hydrogen (secondary N) is 1. The Kier molecular flexibility index (Phi) is 6.83. The van der Waals surface area contributed by atoms with Crippen molar-refractivity contribution >= 4 is 21.6 Å². The molecular formula is C15H25BrN2O. The van der Waals surface area contributed by atoms with Crippen LogP contribution in [-0.4, -0.2) is 31.3 Å². The number of nitrogens with zero attached hydrogens (tertiary/aromatic N) is 1. The molecule has 4 heteroatoms. The van der Waals surface area contributed by atoms with E-state index in [4.69, 9.17) is 0 Å². The summed E-state index contributed by atoms with van der Waals surface area (Å²) < 4.78 is 1.07. The lowest BCUT2D eigenvalue weighted by atomic mass is 10.1. The summed E-state index contributed by atoms with van der Waals surface area (Å²) in [5.74, 6) is 0.666. The van der Waals surface area contributed by atoms with Gasteiger partial charge >= 0.3 is 0 Å². The third kappa shape index (κ3) is 5.13. The third-order valence-corrected chi connectivity index (χ3v) is 3.83. The molecule has 1 unspecified atom stereocenters. The van der Waals surface area contributed by atoms with Crippen molar-refractivity contribution in [2.75, 3.05) is 25.1 Å². The zero-order chi connectivity index (χ0) is 14.4. The highest BCUT2D eigenvalue weighted by Gasteiger charge is 2.12. The van der Waals surface area contributed by atoms with Gasteiger partial charge in [0.2, 0.25) is 0 Å². The molecule has 0 saturated heterocycles. The lowest BCUT2D eigenvalue weighted by molar-refractivity contribution is 0.270. The number of hydrogen-bond acceptors (Lipinski definition) is 3. The minimum atomic E-state index is 0.112. The maximum Gasteiger partial charge on any atom is 0.0632 e. The number of likely N-dealkylation sites (N-methyl/N-ethyl adjacent to an activating group) is 1. The number of anilines is 1. The van der Waals surface area contributed by atoms with Crippen LogP contribution in [0.1, 0.15) is 26.3 Å². The maximum absolute atomic E-state index is 9.21. The monoisotopic (exact) mass is 328 g/mol. The van der Waals surface area contributed by atoms with Crippen molar-refractivity contribution in [2.24, 2.45) is 5.92 Å². The number of hydrogen-bond donors (Lipinski definition) is 2. The molecule has 0 aliphatic rings. The second-order valence-corrected chi connectivity index (χ2v) is 6.31. The first-order valence-electron chi connectivity index (χ1n) is 6.78. The molecule has 0 aromatic heterocycles. The van der Waals surface area contributed by atoms with Gasteiger partial charge in [-0.3, -0.25) is 0 Å². The van der Waals surface area contributed by atoms with E-state index in [2.05, 4.69) is 58.2 Å². The minimum Gasteiger partial charge on any atom is -0.394 e. The molecule has 0 heterocycles. The van der Waals surface area contributed by atoms with Gasteiger partial charge in [0, 0.05) is 24.1 Å². The molecule has 19 heavy (non-hydrogen) atoms. The second-order valence-electron chi connectivity index (χ2n) is 5.45. The Morgan fingerprint density at radius 1 is 1.32 bits per heavy atom. The Morgan fingerprint density at radius 2 is 2.00 bits per heavy atom. The summed E-state index contributed by atoms with van der Waals surface area (Å²) in [5.41, 5.74) is 2.37. The number of halogens is 1. The Bertz CT molecular complexity index is 396. The van der Waals surface area contributed by atoms with Crippen molar-refractivity contribution in [3.05, 3.63) is 28.2 Å². The minimum absolute atomic E-state index is 0.112. The van der Waals surface area contributed by atoms with Gasteiger partial charge < -0.3 is 15.3 Å². The zero-order valence-electron chi connectivity index (χ0n) is 12.3. The average molecular weight is 329 g/mol. The number of benzene rings is 1. The zero-order valence-corrected chi connectivity index (χ0v) is 13.9. The largest absolute Gasteiger partial charge is 0.394 e. The molecule has 3 nitrogen and oxygen atoms in total. The van der Waals surface area contributed by atoms with Crippen LogP contribution >= 0.6 is 15.9 Å². The van der Waals surface area contributed by atoms with Crippen molar-refractivity contribution in [3.63, 3.8) is 0 Å². The molecule has 1 aromatic carbocycles. The Morgan fingerprint density at radius 3 is 2.53 bits per heavy atom. The third-order valence-electron chi connectivity index (χ3n) is 3.20. The van der Waals surface area contributed by atoms with Crippen molar-refractivity contribution in [3.8, 4) is 0 Å². The molecule has 1 rings (SSSR count). The van der Waals surface area contributed by atoms with Crippen molar-refractivity contribution in [1.29, 1.82) is 0 Å². The second kappa shape index (κ2) is 7.88. The molecule has 2 N–H and O–H groups in total. The van der Waals surface area contributed by atoms with Crippen LogP contribution in [0.5, 0.6) is 0 Å². The fraction of sp³-hybridized carbons (Fsp3) is 0.600. The van der Waals surface area contributed by atoms with E-state index in [0.717, 1.165) is 23.2 Å². The Hall–Kier alpha value is -0.580. The molecule has 0 aliphatic heterocycles. The van der Waals surface area contributed by atoms with E-state index in [1.807, 2.05) is 14.0 Å². The molecule has 0 fully saturated rings. The molecule has 0 amide bonds. The van der Waals surface area contributed by atoms with E-state index < -0.39 is 0 Å². The Labute approximate surface area is 125 Å². The molecule has 1 atom stereocenters. The van der Waals surface area contributed by atoms with Crippen molar-refractivity contribution < 1.29 is 5.11 Å². The highest BCUT2D eigenvalue weighted by molar-refractivity contribution is 9.10. The van der Waals surface area contributed by atoms with E-state index >= 15 is 0 Å². The van der Waals surface area contributed by atoms with Gasteiger partial charge in [-0.15, -0.1) is 0 Å². The number of aliphatic hydroxyl groups is 1. The average Bonchev–Trinajstić information content (AvgIpc) is 2.36. The van der Waals surface area contributed by atoms with Crippen LogP contribution in [0.4, 0.5) is 5.69 Å². The molecule has 0 radical (unpaired) electrons. The maximum atomic E-state index is 9.21. The van der Waals surface area contributed by atoms with Crippen LogP contribution in [0.15, 0.2) is 22.7 Å². The SMILES string of the molecule is CC(C)CNCc1ccc(N(C)C(C)CO)c(Br)c1. The molecule has 108 valence electrons. The Balaban J connectivity index is 2.69. The molecule has 0 bridgehead atoms. The summed E-state index contributed by atoms with van der Waals surface area (Å²) >= 11 is 3.61. The van der Waals surface area contributed by atoms with Gasteiger partial charge in [-0.05, 0) is 53.0 Å². The quantitative estimate of drug-likeness (QED) is 0.807. The van der Waals surface area contributed by atoms with E-state index in [0.29, 0.717) is 5.92 Å². The summed E-state index contributed by atoms with van der Waals surface area (Å²) in [6.07, 6.45) is 0. The lowest BCUT2D eigenvalue weighted by Gasteiger charge is -2.26. The van der Waals surface area contributed by atoms with Crippen LogP contribution in [0.2, 0.25) is 0 Å². The summed E-state index contributed by atoms with van der Waals surface area (Å²) in [6.45, 7) is 8.48. The van der Waals surface area contributed by atoms with Crippen LogP contribution in [-0.2, 0) is 6.54 Å². The van der Waals surface area contributed by atoms with Crippen LogP contribution in [0.3, 0.4) is 0 Å². The van der Waals surface area contributed by atoms with Gasteiger partial charge in [0.1, 0.15) is 0 Å². The van der Waals surface area contributed by atoms with E-state index in [9.17, 15) is 5.11 Å². The highest BCUT2D eigenvalue weighted by Crippen LogP contribution is 2.27. The summed E-state index contributed by atoms with van der Waals surface area (Å²) in [4.78, 5) is 2.08. The summed E-state index contributed by atoms with van der Waals surface area (Å²) in [6, 6.07) is 6.49. The first-order valence-corrected chi connectivity index (χ1v) is 7.57. The lowest BCUT2D eigenvalue weighted by Crippen LogP contribution is -2.32. The first-order chi connectivity index (χ1) is 8.95. The van der Waals surface area contributed by atoms with Gasteiger partial charge in [0.05, 0.1) is 12.3 Å². The van der Waals surface area contributed by atoms with Gasteiger partial charge in [-0.2, -0.15) is 0 Å². The fourth-order valence-corrected chi connectivity index (χ4v) is 2.52. The van der Waals surface area contributed by atoms with Gasteiger partial charge in [0.15, 0.2) is 0 Å². The van der Waals surface area contributed by atoms with E-state index in [1.54, 1.807) is 0 Å². The number of rotatable bonds is 7. The predicted octanol–water partition coefficient (Wildman–Crippen LogP) is 3.01. The van der Waals surface area contributed by atoms with Crippen LogP contribution in [0, 0.1) is 5.92 Å². The van der Waals surface area contributed by atoms with Crippen LogP contribution < -0.4 is 10.2 Å². The molecule has 0 saturated carbocycles. The van der Waals surface area contributed by atoms with Gasteiger partial charge in [0.25, 0.3) is 0 Å². The summed E-state index contributed by atoms with van der Waals surface area (Å²) in [7, 11) is 2.00. The number of aliphatic hydroxyl groups excluding tert-OH is 1. The normalized spacial score (nSPS) is 12.8. The standard InChI is InChI=1S/C15H25BrN2O/c1-11(2)8-17-9-13-5-6-15(14(16)7-13)18(4)12(3)10-19/h5-7,11-12,17,19H,8-10H2,1-4H3. The van der Waals surface area contributed by atoms with E-state index in [1.165, 1.54) is 5.56 Å². The smallest absolute Gasteiger partial charge is 0.0632 e. The first kappa shape index (κ1) is 16.5. The van der Waals surface area contributed by atoms with Crippen LogP contribution in [0.25, 0.3) is 0 Å². The predicted molar refractivity (Wildman–Crippen MR) is 85.6 cm³/mol. The highest BCUT2D eigenvalue weighted by atomic mass is 79.9. The van der Waals surface area contributed by atoms with E-state index in [-0.39, 0.29) is 12.6 Å². The summed E-state index contributed by atoms with van der Waals surface area (Å²) in [5, 5.41) is 12.6. The van der Waals surface area contributed by atoms with Gasteiger partial charge in [-0.25, -0.2) is 0 Å². The topological polar surface area (TPSA) is 35.5 Å². The molecule has 1 aromatic rings. The van der Waals surface area contributed by atoms with Crippen molar-refractivity contribution in [2.45, 2.75) is 33.4 Å². The van der Waals surface area contributed by atoms with Gasteiger partial charge in [-0.1, -0.05) is 19.9 Å². The fourth-order valence-electron chi connectivity index (χ4n) is 1.81.